The van der Waals surface area contributed by atoms with Crippen LogP contribution in [-0.2, 0) is 14.3 Å². The number of aliphatic hydroxyl groups excluding tert-OH is 1. The van der Waals surface area contributed by atoms with Gasteiger partial charge in [0.15, 0.2) is 0 Å². The lowest BCUT2D eigenvalue weighted by Crippen LogP contribution is -2.16. The highest BCUT2D eigenvalue weighted by molar-refractivity contribution is 5.70. The normalized spacial score (nSPS) is 12.1. The molecule has 0 aromatic carbocycles. The van der Waals surface area contributed by atoms with Gasteiger partial charge in [0, 0.05) is 6.42 Å². The molecule has 0 aromatic heterocycles. The van der Waals surface area contributed by atoms with Crippen molar-refractivity contribution in [3.8, 4) is 0 Å². The SMILES string of the molecule is CCCOC(=O)C[C@H](O)CCCC(=O)O. The Hall–Kier alpha value is -1.10. The molecular weight excluding hydrogens is 200 g/mol. The molecule has 88 valence electrons. The molecule has 15 heavy (non-hydrogen) atoms. The summed E-state index contributed by atoms with van der Waals surface area (Å²) in [6, 6.07) is 0. The van der Waals surface area contributed by atoms with Crippen molar-refractivity contribution in [1.82, 2.24) is 0 Å². The highest BCUT2D eigenvalue weighted by Gasteiger charge is 2.12. The van der Waals surface area contributed by atoms with Crippen molar-refractivity contribution in [3.05, 3.63) is 0 Å². The summed E-state index contributed by atoms with van der Waals surface area (Å²) in [7, 11) is 0. The summed E-state index contributed by atoms with van der Waals surface area (Å²) in [5.74, 6) is -1.32. The predicted octanol–water partition coefficient (Wildman–Crippen LogP) is 0.946. The first kappa shape index (κ1) is 13.9. The Morgan fingerprint density at radius 3 is 2.60 bits per heavy atom. The van der Waals surface area contributed by atoms with Crippen molar-refractivity contribution in [3.63, 3.8) is 0 Å². The molecule has 0 heterocycles. The van der Waals surface area contributed by atoms with Crippen LogP contribution in [-0.4, -0.2) is 34.9 Å². The zero-order valence-electron chi connectivity index (χ0n) is 8.94. The van der Waals surface area contributed by atoms with Crippen molar-refractivity contribution in [2.24, 2.45) is 0 Å². The van der Waals surface area contributed by atoms with Gasteiger partial charge in [0.2, 0.25) is 0 Å². The first-order valence-corrected chi connectivity index (χ1v) is 5.11. The number of ether oxygens (including phenoxy) is 1. The average Bonchev–Trinajstić information content (AvgIpc) is 2.14. The first-order chi connectivity index (χ1) is 7.06. The van der Waals surface area contributed by atoms with Gasteiger partial charge in [-0.2, -0.15) is 0 Å². The van der Waals surface area contributed by atoms with Gasteiger partial charge in [-0.3, -0.25) is 9.59 Å². The minimum absolute atomic E-state index is 0.0149. The molecule has 5 heteroatoms. The number of esters is 1. The maximum absolute atomic E-state index is 11.0. The van der Waals surface area contributed by atoms with Crippen LogP contribution in [0.15, 0.2) is 0 Å². The second-order valence-corrected chi connectivity index (χ2v) is 3.36. The Labute approximate surface area is 89.0 Å². The number of rotatable bonds is 8. The third-order valence-corrected chi connectivity index (χ3v) is 1.80. The van der Waals surface area contributed by atoms with E-state index in [4.69, 9.17) is 9.84 Å². The van der Waals surface area contributed by atoms with Crippen LogP contribution in [0.3, 0.4) is 0 Å². The van der Waals surface area contributed by atoms with E-state index >= 15 is 0 Å². The second-order valence-electron chi connectivity index (χ2n) is 3.36. The number of aliphatic carboxylic acids is 1. The lowest BCUT2D eigenvalue weighted by Gasteiger charge is -2.08. The van der Waals surface area contributed by atoms with E-state index in [9.17, 15) is 14.7 Å². The molecule has 0 aromatic rings. The predicted molar refractivity (Wildman–Crippen MR) is 53.4 cm³/mol. The average molecular weight is 218 g/mol. The number of carboxylic acid groups (broad SMARTS) is 1. The Bertz CT molecular complexity index is 202. The molecule has 0 saturated carbocycles. The van der Waals surface area contributed by atoms with Gasteiger partial charge in [0.1, 0.15) is 0 Å². The highest BCUT2D eigenvalue weighted by Crippen LogP contribution is 2.05. The monoisotopic (exact) mass is 218 g/mol. The van der Waals surface area contributed by atoms with Gasteiger partial charge >= 0.3 is 11.9 Å². The van der Waals surface area contributed by atoms with Crippen molar-refractivity contribution in [1.29, 1.82) is 0 Å². The van der Waals surface area contributed by atoms with Gasteiger partial charge in [0.05, 0.1) is 19.1 Å². The molecule has 0 aliphatic carbocycles. The highest BCUT2D eigenvalue weighted by atomic mass is 16.5. The fourth-order valence-corrected chi connectivity index (χ4v) is 1.06. The Kier molecular flexibility index (Phi) is 7.62. The zero-order chi connectivity index (χ0) is 11.7. The first-order valence-electron chi connectivity index (χ1n) is 5.11. The van der Waals surface area contributed by atoms with Crippen molar-refractivity contribution in [2.75, 3.05) is 6.61 Å². The van der Waals surface area contributed by atoms with Crippen LogP contribution in [0.1, 0.15) is 39.0 Å². The summed E-state index contributed by atoms with van der Waals surface area (Å²) in [6.45, 7) is 2.25. The molecular formula is C10H18O5. The summed E-state index contributed by atoms with van der Waals surface area (Å²) >= 11 is 0. The number of carbonyl (C=O) groups excluding carboxylic acids is 1. The zero-order valence-corrected chi connectivity index (χ0v) is 8.94. The molecule has 0 aliphatic rings. The lowest BCUT2D eigenvalue weighted by molar-refractivity contribution is -0.145. The minimum Gasteiger partial charge on any atom is -0.481 e. The molecule has 0 amide bonds. The van der Waals surface area contributed by atoms with E-state index in [2.05, 4.69) is 0 Å². The molecule has 0 aliphatic heterocycles. The smallest absolute Gasteiger partial charge is 0.308 e. The van der Waals surface area contributed by atoms with Gasteiger partial charge < -0.3 is 14.9 Å². The molecule has 0 radical (unpaired) electrons. The van der Waals surface area contributed by atoms with E-state index in [1.54, 1.807) is 0 Å². The van der Waals surface area contributed by atoms with Gasteiger partial charge in [-0.1, -0.05) is 6.92 Å². The van der Waals surface area contributed by atoms with Crippen LogP contribution in [0.5, 0.6) is 0 Å². The summed E-state index contributed by atoms with van der Waals surface area (Å²) in [4.78, 5) is 21.2. The largest absolute Gasteiger partial charge is 0.481 e. The fraction of sp³-hybridized carbons (Fsp3) is 0.800. The summed E-state index contributed by atoms with van der Waals surface area (Å²) in [6.07, 6.45) is 0.598. The Morgan fingerprint density at radius 1 is 1.40 bits per heavy atom. The molecule has 0 fully saturated rings. The molecule has 2 N–H and O–H groups in total. The molecule has 0 unspecified atom stereocenters. The lowest BCUT2D eigenvalue weighted by atomic mass is 10.1. The molecule has 0 spiro atoms. The van der Waals surface area contributed by atoms with Gasteiger partial charge in [-0.15, -0.1) is 0 Å². The van der Waals surface area contributed by atoms with E-state index in [0.29, 0.717) is 19.4 Å². The molecule has 0 saturated heterocycles. The Morgan fingerprint density at radius 2 is 2.07 bits per heavy atom. The number of hydrogen-bond acceptors (Lipinski definition) is 4. The Balaban J connectivity index is 3.50. The molecule has 0 bridgehead atoms. The standard InChI is InChI=1S/C10H18O5/c1-2-6-15-10(14)7-8(11)4-3-5-9(12)13/h8,11H,2-7H2,1H3,(H,12,13)/t8-/m1/s1. The van der Waals surface area contributed by atoms with Crippen molar-refractivity contribution < 1.29 is 24.5 Å². The van der Waals surface area contributed by atoms with Crippen molar-refractivity contribution in [2.45, 2.75) is 45.1 Å². The maximum Gasteiger partial charge on any atom is 0.308 e. The molecule has 0 rings (SSSR count). The summed E-state index contributed by atoms with van der Waals surface area (Å²) < 4.78 is 4.77. The van der Waals surface area contributed by atoms with Crippen LogP contribution >= 0.6 is 0 Å². The van der Waals surface area contributed by atoms with Crippen molar-refractivity contribution >= 4 is 11.9 Å². The molecule has 5 nitrogen and oxygen atoms in total. The second kappa shape index (κ2) is 8.23. The number of carboxylic acids is 1. The van der Waals surface area contributed by atoms with Crippen LogP contribution in [0.2, 0.25) is 0 Å². The van der Waals surface area contributed by atoms with Crippen LogP contribution in [0.4, 0.5) is 0 Å². The molecule has 1 atom stereocenters. The number of hydrogen-bond donors (Lipinski definition) is 2. The fourth-order valence-electron chi connectivity index (χ4n) is 1.06. The number of carbonyl (C=O) groups is 2. The van der Waals surface area contributed by atoms with Gasteiger partial charge in [-0.05, 0) is 19.3 Å². The third-order valence-electron chi connectivity index (χ3n) is 1.80. The van der Waals surface area contributed by atoms with Crippen LogP contribution in [0, 0.1) is 0 Å². The van der Waals surface area contributed by atoms with E-state index in [1.807, 2.05) is 6.92 Å². The third kappa shape index (κ3) is 9.21. The maximum atomic E-state index is 11.0. The van der Waals surface area contributed by atoms with Crippen LogP contribution in [0.25, 0.3) is 0 Å². The van der Waals surface area contributed by atoms with Crippen LogP contribution < -0.4 is 0 Å². The van der Waals surface area contributed by atoms with Gasteiger partial charge in [-0.25, -0.2) is 0 Å². The topological polar surface area (TPSA) is 83.8 Å². The van der Waals surface area contributed by atoms with E-state index in [1.165, 1.54) is 0 Å². The number of aliphatic hydroxyl groups is 1. The van der Waals surface area contributed by atoms with E-state index in [-0.39, 0.29) is 12.8 Å². The van der Waals surface area contributed by atoms with E-state index < -0.39 is 18.0 Å². The van der Waals surface area contributed by atoms with Gasteiger partial charge in [0.25, 0.3) is 0 Å². The summed E-state index contributed by atoms with van der Waals surface area (Å²) in [5, 5.41) is 17.7. The van der Waals surface area contributed by atoms with E-state index in [0.717, 1.165) is 6.42 Å². The quantitative estimate of drug-likeness (QED) is 0.592. The summed E-state index contributed by atoms with van der Waals surface area (Å²) in [5.41, 5.74) is 0. The minimum atomic E-state index is -0.893.